The number of hydrogen-bond acceptors (Lipinski definition) is 5. The highest BCUT2D eigenvalue weighted by molar-refractivity contribution is 7.07. The first-order chi connectivity index (χ1) is 12.2. The van der Waals surface area contributed by atoms with Crippen molar-refractivity contribution in [2.75, 3.05) is 0 Å². The Hall–Kier alpha value is -2.67. The van der Waals surface area contributed by atoms with Crippen LogP contribution in [0.4, 0.5) is 11.4 Å². The zero-order valence-corrected chi connectivity index (χ0v) is 14.9. The van der Waals surface area contributed by atoms with E-state index in [0.29, 0.717) is 5.69 Å². The summed E-state index contributed by atoms with van der Waals surface area (Å²) in [6.07, 6.45) is 3.51. The topological polar surface area (TPSA) is 73.6 Å². The van der Waals surface area contributed by atoms with Gasteiger partial charge in [0.1, 0.15) is 5.69 Å². The molecule has 0 amide bonds. The molecule has 0 aliphatic heterocycles. The summed E-state index contributed by atoms with van der Waals surface area (Å²) in [6.45, 7) is 4.25. The summed E-state index contributed by atoms with van der Waals surface area (Å²) in [5, 5.41) is 13.3. The molecule has 0 aliphatic rings. The highest BCUT2D eigenvalue weighted by Gasteiger charge is 2.18. The third-order valence-electron chi connectivity index (χ3n) is 4.12. The molecule has 3 rings (SSSR count). The number of aromatic nitrogens is 1. The van der Waals surface area contributed by atoms with Gasteiger partial charge in [-0.05, 0) is 31.0 Å². The van der Waals surface area contributed by atoms with Gasteiger partial charge in [0.05, 0.1) is 16.9 Å². The van der Waals surface area contributed by atoms with Crippen LogP contribution >= 0.6 is 11.3 Å². The molecule has 6 nitrogen and oxygen atoms in total. The maximum atomic E-state index is 11.3. The van der Waals surface area contributed by atoms with Gasteiger partial charge in [-0.25, -0.2) is 4.99 Å². The van der Waals surface area contributed by atoms with Crippen molar-refractivity contribution in [2.45, 2.75) is 32.7 Å². The Morgan fingerprint density at radius 3 is 2.64 bits per heavy atom. The van der Waals surface area contributed by atoms with Crippen LogP contribution in [0.5, 0.6) is 0 Å². The molecule has 2 aromatic heterocycles. The fourth-order valence-electron chi connectivity index (χ4n) is 2.83. The monoisotopic (exact) mass is 357 g/mol. The lowest BCUT2D eigenvalue weighted by molar-refractivity contribution is -0.384. The van der Waals surface area contributed by atoms with Crippen LogP contribution in [0.25, 0.3) is 11.5 Å². The van der Waals surface area contributed by atoms with E-state index in [2.05, 4.69) is 23.4 Å². The van der Waals surface area contributed by atoms with E-state index in [4.69, 9.17) is 4.42 Å². The van der Waals surface area contributed by atoms with Crippen molar-refractivity contribution in [3.8, 4) is 11.5 Å². The van der Waals surface area contributed by atoms with E-state index in [9.17, 15) is 10.1 Å². The minimum absolute atomic E-state index is 0.00606. The smallest absolute Gasteiger partial charge is 0.294 e. The van der Waals surface area contributed by atoms with Crippen LogP contribution in [0.3, 0.4) is 0 Å². The molecule has 0 atom stereocenters. The first-order valence-electron chi connectivity index (χ1n) is 8.17. The van der Waals surface area contributed by atoms with Gasteiger partial charge in [0.15, 0.2) is 10.6 Å². The second kappa shape index (κ2) is 7.48. The van der Waals surface area contributed by atoms with Gasteiger partial charge in [0.2, 0.25) is 0 Å². The second-order valence-electron chi connectivity index (χ2n) is 5.58. The Bertz CT molecular complexity index is 921. The predicted molar refractivity (Wildman–Crippen MR) is 97.9 cm³/mol. The standard InChI is InChI=1S/C18H19N3O3S/c1-3-13(4-2)20-16(17-10-7-11-24-17)12-25-18(20)19-14-8-5-6-9-15(14)21(22)23/h5-13H,3-4H2,1-2H3. The van der Waals surface area contributed by atoms with Gasteiger partial charge < -0.3 is 8.98 Å². The summed E-state index contributed by atoms with van der Waals surface area (Å²) < 4.78 is 7.69. The minimum Gasteiger partial charge on any atom is -0.463 e. The van der Waals surface area contributed by atoms with Crippen molar-refractivity contribution < 1.29 is 9.34 Å². The van der Waals surface area contributed by atoms with Crippen molar-refractivity contribution in [1.29, 1.82) is 0 Å². The summed E-state index contributed by atoms with van der Waals surface area (Å²) in [5.41, 5.74) is 1.31. The number of para-hydroxylation sites is 2. The summed E-state index contributed by atoms with van der Waals surface area (Å²) in [5.74, 6) is 0.771. The highest BCUT2D eigenvalue weighted by atomic mass is 32.1. The third kappa shape index (κ3) is 3.41. The SMILES string of the molecule is CCC(CC)n1c(-c2ccco2)csc1=Nc1ccccc1[N+](=O)[O-]. The number of benzene rings is 1. The van der Waals surface area contributed by atoms with Gasteiger partial charge in [0.25, 0.3) is 5.69 Å². The Morgan fingerprint density at radius 1 is 1.24 bits per heavy atom. The summed E-state index contributed by atoms with van der Waals surface area (Å²) >= 11 is 1.46. The lowest BCUT2D eigenvalue weighted by Crippen LogP contribution is -2.21. The van der Waals surface area contributed by atoms with E-state index in [-0.39, 0.29) is 11.7 Å². The first-order valence-corrected chi connectivity index (χ1v) is 9.05. The van der Waals surface area contributed by atoms with Crippen LogP contribution in [-0.2, 0) is 0 Å². The summed E-state index contributed by atoms with van der Waals surface area (Å²) in [7, 11) is 0. The zero-order valence-electron chi connectivity index (χ0n) is 14.1. The van der Waals surface area contributed by atoms with Crippen LogP contribution in [0, 0.1) is 10.1 Å². The molecule has 2 heterocycles. The molecule has 7 heteroatoms. The van der Waals surface area contributed by atoms with Gasteiger partial charge in [-0.2, -0.15) is 0 Å². The fourth-order valence-corrected chi connectivity index (χ4v) is 3.79. The van der Waals surface area contributed by atoms with Gasteiger partial charge >= 0.3 is 0 Å². The van der Waals surface area contributed by atoms with E-state index in [1.165, 1.54) is 17.4 Å². The van der Waals surface area contributed by atoms with E-state index in [1.54, 1.807) is 24.5 Å². The molecule has 0 N–H and O–H groups in total. The Labute approximate surface area is 149 Å². The minimum atomic E-state index is -0.401. The number of nitro groups is 1. The molecule has 0 spiro atoms. The molecular formula is C18H19N3O3S. The van der Waals surface area contributed by atoms with Crippen molar-refractivity contribution >= 4 is 22.7 Å². The summed E-state index contributed by atoms with van der Waals surface area (Å²) in [4.78, 5) is 16.2. The number of nitrogens with zero attached hydrogens (tertiary/aromatic N) is 3. The van der Waals surface area contributed by atoms with Crippen LogP contribution in [-0.4, -0.2) is 9.49 Å². The molecule has 0 fully saturated rings. The fraction of sp³-hybridized carbons (Fsp3) is 0.278. The van der Waals surface area contributed by atoms with Gasteiger partial charge in [-0.3, -0.25) is 10.1 Å². The molecule has 25 heavy (non-hydrogen) atoms. The number of nitro benzene ring substituents is 1. The van der Waals surface area contributed by atoms with Crippen LogP contribution < -0.4 is 4.80 Å². The lowest BCUT2D eigenvalue weighted by atomic mass is 10.1. The molecule has 0 radical (unpaired) electrons. The van der Waals surface area contributed by atoms with Gasteiger partial charge in [-0.1, -0.05) is 26.0 Å². The Morgan fingerprint density at radius 2 is 2.00 bits per heavy atom. The van der Waals surface area contributed by atoms with E-state index in [0.717, 1.165) is 29.1 Å². The molecule has 130 valence electrons. The highest BCUT2D eigenvalue weighted by Crippen LogP contribution is 2.29. The zero-order chi connectivity index (χ0) is 17.8. The van der Waals surface area contributed by atoms with E-state index in [1.807, 2.05) is 17.5 Å². The Balaban J connectivity index is 2.22. The second-order valence-corrected chi connectivity index (χ2v) is 6.42. The number of rotatable bonds is 6. The first kappa shape index (κ1) is 17.2. The van der Waals surface area contributed by atoms with Crippen LogP contribution in [0.1, 0.15) is 32.7 Å². The molecule has 0 bridgehead atoms. The normalized spacial score (nSPS) is 12.0. The van der Waals surface area contributed by atoms with Gasteiger partial charge in [0, 0.05) is 17.5 Å². The van der Waals surface area contributed by atoms with Gasteiger partial charge in [-0.15, -0.1) is 11.3 Å². The molecule has 1 aromatic carbocycles. The third-order valence-corrected chi connectivity index (χ3v) is 4.96. The van der Waals surface area contributed by atoms with Crippen molar-refractivity contribution in [3.63, 3.8) is 0 Å². The van der Waals surface area contributed by atoms with E-state index < -0.39 is 4.92 Å². The van der Waals surface area contributed by atoms with Crippen LogP contribution in [0.2, 0.25) is 0 Å². The summed E-state index contributed by atoms with van der Waals surface area (Å²) in [6, 6.07) is 10.6. The molecule has 0 unspecified atom stereocenters. The molecule has 0 saturated carbocycles. The maximum absolute atomic E-state index is 11.3. The number of furan rings is 1. The average Bonchev–Trinajstić information content (AvgIpc) is 3.27. The maximum Gasteiger partial charge on any atom is 0.294 e. The number of hydrogen-bond donors (Lipinski definition) is 0. The molecule has 0 aliphatic carbocycles. The lowest BCUT2D eigenvalue weighted by Gasteiger charge is -2.17. The number of thiazole rings is 1. The molecule has 0 saturated heterocycles. The quantitative estimate of drug-likeness (QED) is 0.443. The van der Waals surface area contributed by atoms with Crippen LogP contribution in [0.15, 0.2) is 57.5 Å². The predicted octanol–water partition coefficient (Wildman–Crippen LogP) is 5.31. The Kier molecular flexibility index (Phi) is 5.14. The van der Waals surface area contributed by atoms with Crippen molar-refractivity contribution in [2.24, 2.45) is 4.99 Å². The average molecular weight is 357 g/mol. The van der Waals surface area contributed by atoms with Crippen molar-refractivity contribution in [3.05, 3.63) is 63.0 Å². The van der Waals surface area contributed by atoms with E-state index >= 15 is 0 Å². The largest absolute Gasteiger partial charge is 0.463 e. The van der Waals surface area contributed by atoms with Crippen molar-refractivity contribution in [1.82, 2.24) is 4.57 Å². The molecular weight excluding hydrogens is 338 g/mol. The molecule has 3 aromatic rings.